The number of carbonyl (C=O) groups excluding carboxylic acids is 4. The second-order valence-electron chi connectivity index (χ2n) is 5.17. The number of primary amides is 2. The number of rotatable bonds is 7. The number of carbonyl (C=O) groups is 4. The van der Waals surface area contributed by atoms with Crippen LogP contribution in [0.2, 0.25) is 0 Å². The SMILES string of the molecule is CC(=O)N[C@H](CC(=O)NC(C(N)=O)C(N)=O)c1ccc(C)cc1. The number of amides is 4. The quantitative estimate of drug-likeness (QED) is 0.478. The Kier molecular flexibility index (Phi) is 6.25. The summed E-state index contributed by atoms with van der Waals surface area (Å²) in [6.07, 6.45) is -0.167. The molecule has 0 fully saturated rings. The first-order chi connectivity index (χ1) is 10.7. The summed E-state index contributed by atoms with van der Waals surface area (Å²) in [6.45, 7) is 3.24. The van der Waals surface area contributed by atoms with Crippen LogP contribution >= 0.6 is 0 Å². The molecule has 0 aromatic heterocycles. The van der Waals surface area contributed by atoms with E-state index in [0.29, 0.717) is 0 Å². The lowest BCUT2D eigenvalue weighted by molar-refractivity contribution is -0.134. The maximum Gasteiger partial charge on any atom is 0.249 e. The number of benzene rings is 1. The molecule has 0 saturated heterocycles. The molecule has 0 radical (unpaired) electrons. The Bertz CT molecular complexity index is 598. The summed E-state index contributed by atoms with van der Waals surface area (Å²) in [7, 11) is 0. The Balaban J connectivity index is 2.86. The van der Waals surface area contributed by atoms with Crippen LogP contribution in [-0.2, 0) is 19.2 Å². The third-order valence-corrected chi connectivity index (χ3v) is 3.12. The van der Waals surface area contributed by atoms with Crippen LogP contribution in [0.15, 0.2) is 24.3 Å². The lowest BCUT2D eigenvalue weighted by Crippen LogP contribution is -2.52. The van der Waals surface area contributed by atoms with E-state index in [1.54, 1.807) is 12.1 Å². The Morgan fingerprint density at radius 1 is 1.00 bits per heavy atom. The molecule has 23 heavy (non-hydrogen) atoms. The van der Waals surface area contributed by atoms with Crippen molar-refractivity contribution in [2.45, 2.75) is 32.4 Å². The summed E-state index contributed by atoms with van der Waals surface area (Å²) >= 11 is 0. The normalized spacial score (nSPS) is 11.6. The zero-order valence-corrected chi connectivity index (χ0v) is 13.0. The zero-order valence-electron chi connectivity index (χ0n) is 13.0. The summed E-state index contributed by atoms with van der Waals surface area (Å²) in [6, 6.07) is 5.06. The van der Waals surface area contributed by atoms with Crippen molar-refractivity contribution in [2.24, 2.45) is 11.5 Å². The average Bonchev–Trinajstić information content (AvgIpc) is 2.43. The minimum absolute atomic E-state index is 0.167. The molecular weight excluding hydrogens is 300 g/mol. The summed E-state index contributed by atoms with van der Waals surface area (Å²) in [5.41, 5.74) is 11.8. The topological polar surface area (TPSA) is 144 Å². The molecule has 0 unspecified atom stereocenters. The van der Waals surface area contributed by atoms with E-state index < -0.39 is 29.8 Å². The van der Waals surface area contributed by atoms with Crippen LogP contribution in [0.5, 0.6) is 0 Å². The first-order valence-electron chi connectivity index (χ1n) is 6.92. The van der Waals surface area contributed by atoms with E-state index in [1.165, 1.54) is 6.92 Å². The van der Waals surface area contributed by atoms with E-state index >= 15 is 0 Å². The monoisotopic (exact) mass is 320 g/mol. The van der Waals surface area contributed by atoms with Crippen molar-refractivity contribution in [3.05, 3.63) is 35.4 Å². The summed E-state index contributed by atoms with van der Waals surface area (Å²) in [5.74, 6) is -3.04. The van der Waals surface area contributed by atoms with Crippen LogP contribution < -0.4 is 22.1 Å². The molecule has 1 aromatic rings. The van der Waals surface area contributed by atoms with Crippen molar-refractivity contribution < 1.29 is 19.2 Å². The molecule has 1 aromatic carbocycles. The van der Waals surface area contributed by atoms with E-state index in [1.807, 2.05) is 19.1 Å². The molecule has 1 rings (SSSR count). The highest BCUT2D eigenvalue weighted by Gasteiger charge is 2.25. The summed E-state index contributed by atoms with van der Waals surface area (Å²) in [5, 5.41) is 4.81. The lowest BCUT2D eigenvalue weighted by atomic mass is 10.0. The molecule has 0 aliphatic heterocycles. The Morgan fingerprint density at radius 2 is 1.52 bits per heavy atom. The molecule has 8 heteroatoms. The molecule has 4 amide bonds. The number of hydrogen-bond donors (Lipinski definition) is 4. The van der Waals surface area contributed by atoms with Gasteiger partial charge in [-0.05, 0) is 12.5 Å². The Labute approximate surface area is 133 Å². The van der Waals surface area contributed by atoms with Gasteiger partial charge >= 0.3 is 0 Å². The highest BCUT2D eigenvalue weighted by Crippen LogP contribution is 2.17. The zero-order chi connectivity index (χ0) is 17.6. The third kappa shape index (κ3) is 5.77. The van der Waals surface area contributed by atoms with Crippen LogP contribution in [0, 0.1) is 6.92 Å². The highest BCUT2D eigenvalue weighted by molar-refractivity contribution is 6.05. The average molecular weight is 320 g/mol. The van der Waals surface area contributed by atoms with Gasteiger partial charge in [-0.25, -0.2) is 0 Å². The number of nitrogens with two attached hydrogens (primary N) is 2. The van der Waals surface area contributed by atoms with Crippen LogP contribution in [-0.4, -0.2) is 29.7 Å². The van der Waals surface area contributed by atoms with Gasteiger partial charge < -0.3 is 22.1 Å². The first kappa shape index (κ1) is 18.1. The van der Waals surface area contributed by atoms with Crippen LogP contribution in [0.25, 0.3) is 0 Å². The highest BCUT2D eigenvalue weighted by atomic mass is 16.2. The third-order valence-electron chi connectivity index (χ3n) is 3.12. The fraction of sp³-hybridized carbons (Fsp3) is 0.333. The summed E-state index contributed by atoms with van der Waals surface area (Å²) in [4.78, 5) is 45.5. The second-order valence-corrected chi connectivity index (χ2v) is 5.17. The van der Waals surface area contributed by atoms with E-state index in [4.69, 9.17) is 11.5 Å². The molecule has 0 heterocycles. The van der Waals surface area contributed by atoms with Gasteiger partial charge in [0.25, 0.3) is 0 Å². The van der Waals surface area contributed by atoms with Crippen LogP contribution in [0.3, 0.4) is 0 Å². The molecule has 124 valence electrons. The fourth-order valence-electron chi connectivity index (χ4n) is 1.98. The van der Waals surface area contributed by atoms with Crippen molar-refractivity contribution in [2.75, 3.05) is 0 Å². The lowest BCUT2D eigenvalue weighted by Gasteiger charge is -2.19. The van der Waals surface area contributed by atoms with E-state index in [-0.39, 0.29) is 12.3 Å². The van der Waals surface area contributed by atoms with Crippen molar-refractivity contribution in [1.29, 1.82) is 0 Å². The van der Waals surface area contributed by atoms with Gasteiger partial charge in [-0.15, -0.1) is 0 Å². The van der Waals surface area contributed by atoms with Crippen molar-refractivity contribution >= 4 is 23.6 Å². The van der Waals surface area contributed by atoms with Gasteiger partial charge in [-0.2, -0.15) is 0 Å². The summed E-state index contributed by atoms with van der Waals surface area (Å²) < 4.78 is 0. The molecule has 0 saturated carbocycles. The maximum absolute atomic E-state index is 12.0. The number of nitrogens with one attached hydrogen (secondary N) is 2. The molecule has 0 spiro atoms. The Hall–Kier alpha value is -2.90. The van der Waals surface area contributed by atoms with Gasteiger partial charge in [0.15, 0.2) is 6.04 Å². The molecule has 1 atom stereocenters. The maximum atomic E-state index is 12.0. The predicted molar refractivity (Wildman–Crippen MR) is 82.7 cm³/mol. The molecule has 0 aliphatic rings. The van der Waals surface area contributed by atoms with Gasteiger partial charge in [0.05, 0.1) is 12.5 Å². The largest absolute Gasteiger partial charge is 0.367 e. The molecule has 0 aliphatic carbocycles. The van der Waals surface area contributed by atoms with Crippen LogP contribution in [0.4, 0.5) is 0 Å². The Morgan fingerprint density at radius 3 is 1.96 bits per heavy atom. The molecule has 8 nitrogen and oxygen atoms in total. The van der Waals surface area contributed by atoms with Gasteiger partial charge in [0.1, 0.15) is 0 Å². The van der Waals surface area contributed by atoms with E-state index in [9.17, 15) is 19.2 Å². The molecular formula is C15H20N4O4. The van der Waals surface area contributed by atoms with Gasteiger partial charge in [-0.1, -0.05) is 29.8 Å². The van der Waals surface area contributed by atoms with Crippen LogP contribution in [0.1, 0.15) is 30.5 Å². The standard InChI is InChI=1S/C15H20N4O4/c1-8-3-5-10(6-4-8)11(18-9(2)20)7-12(21)19-13(14(16)22)15(17)23/h3-6,11,13H,7H2,1-2H3,(H2,16,22)(H2,17,23)(H,18,20)(H,19,21)/t11-/m1/s1. The van der Waals surface area contributed by atoms with Crippen molar-refractivity contribution in [3.8, 4) is 0 Å². The number of aryl methyl sites for hydroxylation is 1. The smallest absolute Gasteiger partial charge is 0.249 e. The molecule has 0 bridgehead atoms. The fourth-order valence-corrected chi connectivity index (χ4v) is 1.98. The van der Waals surface area contributed by atoms with E-state index in [2.05, 4.69) is 10.6 Å². The number of hydrogen-bond acceptors (Lipinski definition) is 4. The van der Waals surface area contributed by atoms with Crippen molar-refractivity contribution in [3.63, 3.8) is 0 Å². The first-order valence-corrected chi connectivity index (χ1v) is 6.92. The van der Waals surface area contributed by atoms with Crippen molar-refractivity contribution in [1.82, 2.24) is 10.6 Å². The minimum Gasteiger partial charge on any atom is -0.367 e. The van der Waals surface area contributed by atoms with Gasteiger partial charge in [0.2, 0.25) is 23.6 Å². The van der Waals surface area contributed by atoms with E-state index in [0.717, 1.165) is 11.1 Å². The second kappa shape index (κ2) is 7.92. The predicted octanol–water partition coefficient (Wildman–Crippen LogP) is -0.982. The molecule has 6 N–H and O–H groups in total. The van der Waals surface area contributed by atoms with Gasteiger partial charge in [0, 0.05) is 6.92 Å². The minimum atomic E-state index is -1.58. The van der Waals surface area contributed by atoms with Gasteiger partial charge in [-0.3, -0.25) is 19.2 Å².